The average Bonchev–Trinajstić information content (AvgIpc) is 2.97. The van der Waals surface area contributed by atoms with E-state index in [1.807, 2.05) is 42.5 Å². The lowest BCUT2D eigenvalue weighted by molar-refractivity contribution is -0.0192. The molecule has 1 amide bonds. The highest BCUT2D eigenvalue weighted by Gasteiger charge is 2.35. The minimum atomic E-state index is -0.950. The number of piperidine rings is 1. The molecule has 4 aromatic carbocycles. The number of amides is 1. The summed E-state index contributed by atoms with van der Waals surface area (Å²) in [6, 6.07) is 32.7. The SMILES string of the molecule is COCC1CNCC(OCc2ccc3ccccc3c2)C1c1ccc(N(CCc2ccccc2)C(=O)O)cc1. The van der Waals surface area contributed by atoms with Crippen molar-refractivity contribution in [3.63, 3.8) is 0 Å². The van der Waals surface area contributed by atoms with Crippen LogP contribution in [0.15, 0.2) is 97.1 Å². The standard InChI is InChI=1S/C33H36N2O4/c1-38-23-29-20-34-21-31(39-22-25-11-12-26-9-5-6-10-28(26)19-25)32(29)27-13-15-30(16-14-27)35(33(36)37)18-17-24-7-3-2-4-8-24/h2-16,19,29,31-32,34H,17-18,20-23H2,1H3,(H,36,37). The van der Waals surface area contributed by atoms with E-state index in [0.29, 0.717) is 31.9 Å². The lowest BCUT2D eigenvalue weighted by atomic mass is 9.79. The second kappa shape index (κ2) is 12.9. The Balaban J connectivity index is 1.32. The zero-order valence-electron chi connectivity index (χ0n) is 22.3. The smallest absolute Gasteiger partial charge is 0.411 e. The zero-order valence-corrected chi connectivity index (χ0v) is 22.3. The molecule has 0 aliphatic carbocycles. The van der Waals surface area contributed by atoms with Crippen LogP contribution in [-0.2, 0) is 22.5 Å². The van der Waals surface area contributed by atoms with Crippen LogP contribution in [-0.4, -0.2) is 50.7 Å². The molecule has 1 aliphatic heterocycles. The number of benzene rings is 4. The summed E-state index contributed by atoms with van der Waals surface area (Å²) in [6.45, 7) is 3.13. The molecule has 0 bridgehead atoms. The largest absolute Gasteiger partial charge is 0.465 e. The summed E-state index contributed by atoms with van der Waals surface area (Å²) in [4.78, 5) is 13.5. The van der Waals surface area contributed by atoms with Crippen molar-refractivity contribution in [1.82, 2.24) is 5.32 Å². The number of hydrogen-bond acceptors (Lipinski definition) is 4. The Kier molecular flexibility index (Phi) is 8.89. The maximum atomic E-state index is 12.1. The topological polar surface area (TPSA) is 71.0 Å². The Hall–Kier alpha value is -3.71. The van der Waals surface area contributed by atoms with Crippen molar-refractivity contribution in [3.8, 4) is 0 Å². The Morgan fingerprint density at radius 3 is 2.38 bits per heavy atom. The molecule has 1 aliphatic rings. The second-order valence-corrected chi connectivity index (χ2v) is 10.2. The van der Waals surface area contributed by atoms with Gasteiger partial charge in [-0.3, -0.25) is 4.90 Å². The van der Waals surface area contributed by atoms with E-state index in [1.54, 1.807) is 7.11 Å². The van der Waals surface area contributed by atoms with Gasteiger partial charge in [0.05, 0.1) is 19.3 Å². The van der Waals surface area contributed by atoms with Gasteiger partial charge >= 0.3 is 6.09 Å². The van der Waals surface area contributed by atoms with Crippen molar-refractivity contribution >= 4 is 22.6 Å². The number of carboxylic acid groups (broad SMARTS) is 1. The molecule has 1 heterocycles. The van der Waals surface area contributed by atoms with Crippen molar-refractivity contribution in [2.24, 2.45) is 5.92 Å². The van der Waals surface area contributed by atoms with Crippen molar-refractivity contribution in [2.75, 3.05) is 38.3 Å². The van der Waals surface area contributed by atoms with Gasteiger partial charge in [0.2, 0.25) is 0 Å². The van der Waals surface area contributed by atoms with Crippen LogP contribution in [0.3, 0.4) is 0 Å². The normalized spacial score (nSPS) is 19.2. The van der Waals surface area contributed by atoms with Crippen molar-refractivity contribution in [2.45, 2.75) is 25.0 Å². The number of methoxy groups -OCH3 is 1. The fourth-order valence-electron chi connectivity index (χ4n) is 5.62. The minimum absolute atomic E-state index is 0.0372. The third-order valence-corrected chi connectivity index (χ3v) is 7.61. The van der Waals surface area contributed by atoms with Crippen LogP contribution >= 0.6 is 0 Å². The molecule has 1 fully saturated rings. The summed E-state index contributed by atoms with van der Waals surface area (Å²) in [7, 11) is 1.73. The number of carbonyl (C=O) groups is 1. The summed E-state index contributed by atoms with van der Waals surface area (Å²) < 4.78 is 12.1. The third-order valence-electron chi connectivity index (χ3n) is 7.61. The first kappa shape index (κ1) is 26.9. The van der Waals surface area contributed by atoms with Gasteiger partial charge in [-0.2, -0.15) is 0 Å². The van der Waals surface area contributed by atoms with Gasteiger partial charge in [0.1, 0.15) is 0 Å². The Morgan fingerprint density at radius 1 is 0.897 bits per heavy atom. The van der Waals surface area contributed by atoms with E-state index in [2.05, 4.69) is 59.9 Å². The average molecular weight is 525 g/mol. The first-order valence-electron chi connectivity index (χ1n) is 13.6. The van der Waals surface area contributed by atoms with Crippen LogP contribution in [0.1, 0.15) is 22.6 Å². The highest BCUT2D eigenvalue weighted by molar-refractivity contribution is 5.86. The van der Waals surface area contributed by atoms with Gasteiger partial charge in [-0.05, 0) is 52.1 Å². The highest BCUT2D eigenvalue weighted by atomic mass is 16.5. The van der Waals surface area contributed by atoms with Crippen LogP contribution in [0.2, 0.25) is 0 Å². The molecule has 202 valence electrons. The zero-order chi connectivity index (χ0) is 27.0. The molecule has 4 aromatic rings. The lowest BCUT2D eigenvalue weighted by Gasteiger charge is -2.39. The van der Waals surface area contributed by atoms with Crippen molar-refractivity contribution < 1.29 is 19.4 Å². The van der Waals surface area contributed by atoms with Gasteiger partial charge in [0, 0.05) is 44.3 Å². The maximum Gasteiger partial charge on any atom is 0.411 e. The molecule has 0 spiro atoms. The first-order chi connectivity index (χ1) is 19.1. The molecule has 0 saturated carbocycles. The van der Waals surface area contributed by atoms with Crippen LogP contribution in [0.4, 0.5) is 10.5 Å². The summed E-state index contributed by atoms with van der Waals surface area (Å²) in [5, 5.41) is 15.9. The highest BCUT2D eigenvalue weighted by Crippen LogP contribution is 2.34. The van der Waals surface area contributed by atoms with Gasteiger partial charge in [0.15, 0.2) is 0 Å². The first-order valence-corrected chi connectivity index (χ1v) is 13.6. The van der Waals surface area contributed by atoms with E-state index in [4.69, 9.17) is 9.47 Å². The van der Waals surface area contributed by atoms with Gasteiger partial charge in [-0.1, -0.05) is 78.9 Å². The molecule has 6 nitrogen and oxygen atoms in total. The van der Waals surface area contributed by atoms with Crippen molar-refractivity contribution in [3.05, 3.63) is 114 Å². The second-order valence-electron chi connectivity index (χ2n) is 10.2. The molecular weight excluding hydrogens is 488 g/mol. The fourth-order valence-corrected chi connectivity index (χ4v) is 5.62. The molecule has 0 aromatic heterocycles. The van der Waals surface area contributed by atoms with E-state index in [-0.39, 0.29) is 17.9 Å². The molecule has 6 heteroatoms. The quantitative estimate of drug-likeness (QED) is 0.262. The predicted molar refractivity (Wildman–Crippen MR) is 155 cm³/mol. The van der Waals surface area contributed by atoms with E-state index >= 15 is 0 Å². The van der Waals surface area contributed by atoms with E-state index < -0.39 is 6.09 Å². The van der Waals surface area contributed by atoms with Gasteiger partial charge in [0.25, 0.3) is 0 Å². The lowest BCUT2D eigenvalue weighted by Crippen LogP contribution is -2.48. The number of ether oxygens (including phenoxy) is 2. The monoisotopic (exact) mass is 524 g/mol. The van der Waals surface area contributed by atoms with Gasteiger partial charge < -0.3 is 19.9 Å². The van der Waals surface area contributed by atoms with Gasteiger partial charge in [-0.15, -0.1) is 0 Å². The molecule has 3 unspecified atom stereocenters. The van der Waals surface area contributed by atoms with E-state index in [9.17, 15) is 9.90 Å². The maximum absolute atomic E-state index is 12.1. The number of anilines is 1. The number of nitrogens with zero attached hydrogens (tertiary/aromatic N) is 1. The molecule has 1 saturated heterocycles. The van der Waals surface area contributed by atoms with Crippen molar-refractivity contribution in [1.29, 1.82) is 0 Å². The number of nitrogens with one attached hydrogen (secondary N) is 1. The summed E-state index contributed by atoms with van der Waals surface area (Å²) in [5.74, 6) is 0.369. The molecular formula is C33H36N2O4. The Morgan fingerprint density at radius 2 is 1.64 bits per heavy atom. The minimum Gasteiger partial charge on any atom is -0.465 e. The van der Waals surface area contributed by atoms with Gasteiger partial charge in [-0.25, -0.2) is 4.79 Å². The third kappa shape index (κ3) is 6.66. The Bertz CT molecular complexity index is 1360. The Labute approximate surface area is 230 Å². The number of fused-ring (bicyclic) bond motifs is 1. The van der Waals surface area contributed by atoms with Crippen LogP contribution in [0.25, 0.3) is 10.8 Å². The molecule has 39 heavy (non-hydrogen) atoms. The van der Waals surface area contributed by atoms with Crippen LogP contribution in [0, 0.1) is 5.92 Å². The summed E-state index contributed by atoms with van der Waals surface area (Å²) >= 11 is 0. The molecule has 3 atom stereocenters. The number of rotatable bonds is 10. The summed E-state index contributed by atoms with van der Waals surface area (Å²) in [5.41, 5.74) is 4.07. The molecule has 2 N–H and O–H groups in total. The van der Waals surface area contributed by atoms with Crippen LogP contribution < -0.4 is 10.2 Å². The summed E-state index contributed by atoms with van der Waals surface area (Å²) in [6.07, 6.45) is -0.330. The molecule has 5 rings (SSSR count). The van der Waals surface area contributed by atoms with E-state index in [1.165, 1.54) is 15.7 Å². The number of hydrogen-bond donors (Lipinski definition) is 2. The fraction of sp³-hybridized carbons (Fsp3) is 0.303. The van der Waals surface area contributed by atoms with Crippen LogP contribution in [0.5, 0.6) is 0 Å². The van der Waals surface area contributed by atoms with E-state index in [0.717, 1.165) is 29.8 Å². The molecule has 0 radical (unpaired) electrons. The predicted octanol–water partition coefficient (Wildman–Crippen LogP) is 6.10.